The monoisotopic (exact) mass is 110 g/mol. The first-order chi connectivity index (χ1) is 3.80. The van der Waals surface area contributed by atoms with E-state index in [0.29, 0.717) is 6.04 Å². The summed E-state index contributed by atoms with van der Waals surface area (Å²) in [7, 11) is 1.96. The summed E-state index contributed by atoms with van der Waals surface area (Å²) in [6.45, 7) is 2.10. The first-order valence-electron chi connectivity index (χ1n) is 2.74. The molecule has 0 fully saturated rings. The Kier molecular flexibility index (Phi) is 1.33. The van der Waals surface area contributed by atoms with Crippen LogP contribution in [0, 0.1) is 0 Å². The van der Waals surface area contributed by atoms with E-state index in [9.17, 15) is 0 Å². The van der Waals surface area contributed by atoms with Gasteiger partial charge in [0.05, 0.1) is 6.04 Å². The van der Waals surface area contributed by atoms with E-state index in [1.54, 1.807) is 6.21 Å². The Bertz CT molecular complexity index is 110. The van der Waals surface area contributed by atoms with Crippen molar-refractivity contribution in [3.8, 4) is 0 Å². The van der Waals surface area contributed by atoms with Gasteiger partial charge in [-0.15, -0.1) is 0 Å². The zero-order valence-electron chi connectivity index (χ0n) is 5.20. The van der Waals surface area contributed by atoms with Crippen molar-refractivity contribution in [1.29, 1.82) is 0 Å². The van der Waals surface area contributed by atoms with Crippen LogP contribution in [0.5, 0.6) is 0 Å². The topological polar surface area (TPSA) is 15.6 Å². The quantitative estimate of drug-likeness (QED) is 0.451. The van der Waals surface area contributed by atoms with Crippen LogP contribution >= 0.6 is 0 Å². The van der Waals surface area contributed by atoms with Gasteiger partial charge in [0.2, 0.25) is 0 Å². The van der Waals surface area contributed by atoms with Crippen molar-refractivity contribution in [2.75, 3.05) is 7.05 Å². The molecular formula is C6H10N2. The summed E-state index contributed by atoms with van der Waals surface area (Å²) >= 11 is 0. The van der Waals surface area contributed by atoms with Crippen LogP contribution in [0.25, 0.3) is 0 Å². The molecule has 0 radical (unpaired) electrons. The lowest BCUT2D eigenvalue weighted by Gasteiger charge is -2.19. The summed E-state index contributed by atoms with van der Waals surface area (Å²) in [4.78, 5) is 0. The Labute approximate surface area is 49.5 Å². The van der Waals surface area contributed by atoms with Crippen molar-refractivity contribution in [3.05, 3.63) is 12.2 Å². The molecule has 0 bridgehead atoms. The van der Waals surface area contributed by atoms with Crippen molar-refractivity contribution >= 4 is 6.21 Å². The van der Waals surface area contributed by atoms with Crippen molar-refractivity contribution in [2.24, 2.45) is 5.10 Å². The summed E-state index contributed by atoms with van der Waals surface area (Å²) < 4.78 is 0. The minimum Gasteiger partial charge on any atom is -0.294 e. The van der Waals surface area contributed by atoms with Gasteiger partial charge in [-0.25, -0.2) is 0 Å². The first kappa shape index (κ1) is 5.35. The highest BCUT2D eigenvalue weighted by molar-refractivity contribution is 5.71. The third-order valence-electron chi connectivity index (χ3n) is 1.31. The molecule has 0 aromatic heterocycles. The van der Waals surface area contributed by atoms with Crippen molar-refractivity contribution < 1.29 is 0 Å². The lowest BCUT2D eigenvalue weighted by atomic mass is 10.3. The molecule has 0 amide bonds. The van der Waals surface area contributed by atoms with E-state index >= 15 is 0 Å². The van der Waals surface area contributed by atoms with Crippen molar-refractivity contribution in [2.45, 2.75) is 13.0 Å². The number of rotatable bonds is 0. The molecule has 8 heavy (non-hydrogen) atoms. The standard InChI is InChI=1S/C6H10N2/c1-6-4-3-5-7-8(6)2/h3-6H,1-2H3. The molecular weight excluding hydrogens is 100 g/mol. The Hall–Kier alpha value is -0.790. The third kappa shape index (κ3) is 0.886. The van der Waals surface area contributed by atoms with E-state index in [1.165, 1.54) is 0 Å². The summed E-state index contributed by atoms with van der Waals surface area (Å²) in [6, 6.07) is 0.458. The SMILES string of the molecule is CC1C=CC=NN1C. The van der Waals surface area contributed by atoms with Crippen LogP contribution in [0.4, 0.5) is 0 Å². The maximum Gasteiger partial charge on any atom is 0.0622 e. The van der Waals surface area contributed by atoms with Gasteiger partial charge >= 0.3 is 0 Å². The minimum absolute atomic E-state index is 0.458. The normalized spacial score (nSPS) is 26.8. The van der Waals surface area contributed by atoms with Crippen molar-refractivity contribution in [3.63, 3.8) is 0 Å². The highest BCUT2D eigenvalue weighted by Crippen LogP contribution is 1.99. The highest BCUT2D eigenvalue weighted by Gasteiger charge is 2.01. The predicted molar refractivity (Wildman–Crippen MR) is 34.9 cm³/mol. The van der Waals surface area contributed by atoms with Gasteiger partial charge in [-0.3, -0.25) is 5.01 Å². The first-order valence-corrected chi connectivity index (χ1v) is 2.74. The molecule has 1 atom stereocenters. The fraction of sp³-hybridized carbons (Fsp3) is 0.500. The van der Waals surface area contributed by atoms with Crippen LogP contribution in [-0.2, 0) is 0 Å². The fourth-order valence-corrected chi connectivity index (χ4v) is 0.584. The maximum atomic E-state index is 4.03. The van der Waals surface area contributed by atoms with E-state index in [4.69, 9.17) is 0 Å². The Morgan fingerprint density at radius 2 is 2.38 bits per heavy atom. The summed E-state index contributed by atoms with van der Waals surface area (Å²) in [6.07, 6.45) is 5.86. The average Bonchev–Trinajstić information content (AvgIpc) is 1.77. The highest BCUT2D eigenvalue weighted by atomic mass is 15.4. The van der Waals surface area contributed by atoms with Crippen LogP contribution in [0.1, 0.15) is 6.92 Å². The number of nitrogens with zero attached hydrogens (tertiary/aromatic N) is 2. The molecule has 2 heteroatoms. The molecule has 1 aliphatic heterocycles. The Morgan fingerprint density at radius 3 is 2.75 bits per heavy atom. The predicted octanol–water partition coefficient (Wildman–Crippen LogP) is 0.862. The molecule has 0 N–H and O–H groups in total. The maximum absolute atomic E-state index is 4.03. The van der Waals surface area contributed by atoms with Gasteiger partial charge in [-0.1, -0.05) is 6.08 Å². The molecule has 1 heterocycles. The number of likely N-dealkylation sites (N-methyl/N-ethyl adjacent to an activating group) is 1. The van der Waals surface area contributed by atoms with Crippen LogP contribution in [0.2, 0.25) is 0 Å². The van der Waals surface area contributed by atoms with Crippen LogP contribution < -0.4 is 0 Å². The van der Waals surface area contributed by atoms with E-state index < -0.39 is 0 Å². The van der Waals surface area contributed by atoms with Gasteiger partial charge in [0.15, 0.2) is 0 Å². The number of hydrogen-bond acceptors (Lipinski definition) is 2. The summed E-state index contributed by atoms with van der Waals surface area (Å²) in [5, 5.41) is 5.95. The summed E-state index contributed by atoms with van der Waals surface area (Å²) in [5.74, 6) is 0. The number of hydrogen-bond donors (Lipinski definition) is 0. The molecule has 2 nitrogen and oxygen atoms in total. The van der Waals surface area contributed by atoms with E-state index in [1.807, 2.05) is 18.1 Å². The van der Waals surface area contributed by atoms with Crippen molar-refractivity contribution in [1.82, 2.24) is 5.01 Å². The number of hydrazone groups is 1. The lowest BCUT2D eigenvalue weighted by Crippen LogP contribution is -2.23. The molecule has 1 unspecified atom stereocenters. The van der Waals surface area contributed by atoms with Gasteiger partial charge in [0.25, 0.3) is 0 Å². The smallest absolute Gasteiger partial charge is 0.0622 e. The molecule has 0 aliphatic carbocycles. The molecule has 0 saturated heterocycles. The molecule has 1 rings (SSSR count). The largest absolute Gasteiger partial charge is 0.294 e. The van der Waals surface area contributed by atoms with Gasteiger partial charge in [-0.05, 0) is 13.0 Å². The Balaban J connectivity index is 2.59. The van der Waals surface area contributed by atoms with Crippen LogP contribution in [0.3, 0.4) is 0 Å². The summed E-state index contributed by atoms with van der Waals surface area (Å²) in [5.41, 5.74) is 0. The molecule has 44 valence electrons. The second kappa shape index (κ2) is 1.99. The minimum atomic E-state index is 0.458. The van der Waals surface area contributed by atoms with Gasteiger partial charge in [0, 0.05) is 13.3 Å². The second-order valence-corrected chi connectivity index (χ2v) is 1.96. The van der Waals surface area contributed by atoms with Crippen LogP contribution in [0.15, 0.2) is 17.3 Å². The molecule has 1 aliphatic rings. The van der Waals surface area contributed by atoms with Crippen LogP contribution in [-0.4, -0.2) is 24.3 Å². The van der Waals surface area contributed by atoms with E-state index in [0.717, 1.165) is 0 Å². The van der Waals surface area contributed by atoms with E-state index in [-0.39, 0.29) is 0 Å². The van der Waals surface area contributed by atoms with E-state index in [2.05, 4.69) is 18.1 Å². The van der Waals surface area contributed by atoms with Gasteiger partial charge < -0.3 is 0 Å². The number of allylic oxidation sites excluding steroid dienone is 1. The molecule has 0 saturated carbocycles. The Morgan fingerprint density at radius 1 is 1.62 bits per heavy atom. The molecule has 0 aromatic carbocycles. The zero-order chi connectivity index (χ0) is 5.98. The fourth-order valence-electron chi connectivity index (χ4n) is 0.584. The molecule has 0 spiro atoms. The molecule has 0 aromatic rings. The van der Waals surface area contributed by atoms with Gasteiger partial charge in [0.1, 0.15) is 0 Å². The zero-order valence-corrected chi connectivity index (χ0v) is 5.20. The second-order valence-electron chi connectivity index (χ2n) is 1.96. The lowest BCUT2D eigenvalue weighted by molar-refractivity contribution is 0.312. The third-order valence-corrected chi connectivity index (χ3v) is 1.31. The average molecular weight is 110 g/mol. The van der Waals surface area contributed by atoms with Gasteiger partial charge in [-0.2, -0.15) is 5.10 Å².